The molecule has 21 heavy (non-hydrogen) atoms. The third-order valence-electron chi connectivity index (χ3n) is 5.60. The molecule has 0 bridgehead atoms. The molecule has 3 fully saturated rings. The van der Waals surface area contributed by atoms with Gasteiger partial charge in [-0.2, -0.15) is 0 Å². The van der Waals surface area contributed by atoms with E-state index in [1.807, 2.05) is 0 Å². The maximum atomic E-state index is 11.7. The van der Waals surface area contributed by atoms with E-state index in [9.17, 15) is 9.59 Å². The summed E-state index contributed by atoms with van der Waals surface area (Å²) in [5.74, 6) is 2.50. The predicted molar refractivity (Wildman–Crippen MR) is 80.7 cm³/mol. The highest BCUT2D eigenvalue weighted by Gasteiger charge is 2.42. The number of hydrogen-bond acceptors (Lipinski definition) is 4. The maximum Gasteiger partial charge on any atom is 0.329 e. The zero-order chi connectivity index (χ0) is 14.6. The van der Waals surface area contributed by atoms with Gasteiger partial charge in [0.05, 0.1) is 0 Å². The second-order valence-corrected chi connectivity index (χ2v) is 6.82. The fourth-order valence-corrected chi connectivity index (χ4v) is 4.17. The Balaban J connectivity index is 1.41. The molecule has 6 heteroatoms. The first-order valence-electron chi connectivity index (χ1n) is 7.91. The highest BCUT2D eigenvalue weighted by Crippen LogP contribution is 2.39. The maximum absolute atomic E-state index is 11.7. The van der Waals surface area contributed by atoms with Gasteiger partial charge in [0.25, 0.3) is 5.56 Å². The smallest absolute Gasteiger partial charge is 0.329 e. The van der Waals surface area contributed by atoms with Gasteiger partial charge in [0.15, 0.2) is 0 Å². The van der Waals surface area contributed by atoms with Crippen molar-refractivity contribution in [2.45, 2.75) is 25.3 Å². The Morgan fingerprint density at radius 1 is 1.10 bits per heavy atom. The Hall–Kier alpha value is -1.56. The average Bonchev–Trinajstić information content (AvgIpc) is 2.95. The topological polar surface area (TPSA) is 61.3 Å². The molecule has 1 aliphatic carbocycles. The Kier molecular flexibility index (Phi) is 2.96. The van der Waals surface area contributed by atoms with Gasteiger partial charge in [-0.3, -0.25) is 19.2 Å². The summed E-state index contributed by atoms with van der Waals surface area (Å²) in [4.78, 5) is 30.8. The first-order chi connectivity index (χ1) is 10.1. The van der Waals surface area contributed by atoms with Gasteiger partial charge in [0, 0.05) is 45.3 Å². The number of anilines is 1. The van der Waals surface area contributed by atoms with Crippen molar-refractivity contribution >= 4 is 5.82 Å². The molecule has 3 aliphatic rings. The van der Waals surface area contributed by atoms with Gasteiger partial charge >= 0.3 is 5.69 Å². The first-order valence-corrected chi connectivity index (χ1v) is 7.91. The van der Waals surface area contributed by atoms with Crippen LogP contribution in [0.4, 0.5) is 5.82 Å². The fourth-order valence-electron chi connectivity index (χ4n) is 4.17. The molecule has 1 aromatic rings. The molecule has 2 saturated heterocycles. The molecule has 2 atom stereocenters. The minimum Gasteiger partial charge on any atom is -0.355 e. The van der Waals surface area contributed by atoms with Crippen LogP contribution in [0.3, 0.4) is 0 Å². The molecule has 0 spiro atoms. The summed E-state index contributed by atoms with van der Waals surface area (Å²) in [6.45, 7) is 4.33. The Morgan fingerprint density at radius 3 is 2.38 bits per heavy atom. The lowest BCUT2D eigenvalue weighted by atomic mass is 10.0. The molecule has 4 rings (SSSR count). The number of fused-ring (bicyclic) bond motifs is 1. The molecule has 0 amide bonds. The van der Waals surface area contributed by atoms with E-state index in [1.54, 1.807) is 0 Å². The van der Waals surface area contributed by atoms with Gasteiger partial charge in [-0.25, -0.2) is 4.79 Å². The number of hydrogen-bond donors (Lipinski definition) is 1. The summed E-state index contributed by atoms with van der Waals surface area (Å²) in [6.07, 6.45) is 4.22. The zero-order valence-electron chi connectivity index (χ0n) is 12.4. The van der Waals surface area contributed by atoms with E-state index in [2.05, 4.69) is 14.8 Å². The normalized spacial score (nSPS) is 29.7. The lowest BCUT2D eigenvalue weighted by Crippen LogP contribution is -2.60. The van der Waals surface area contributed by atoms with E-state index in [-0.39, 0.29) is 11.2 Å². The number of H-pyrrole nitrogens is 1. The second-order valence-electron chi connectivity index (χ2n) is 6.82. The fraction of sp³-hybridized carbons (Fsp3) is 0.733. The largest absolute Gasteiger partial charge is 0.355 e. The zero-order valence-corrected chi connectivity index (χ0v) is 12.4. The number of likely N-dealkylation sites (tertiary alicyclic amines) is 1. The molecule has 3 heterocycles. The van der Waals surface area contributed by atoms with Crippen molar-refractivity contribution in [1.82, 2.24) is 14.5 Å². The van der Waals surface area contributed by atoms with Crippen LogP contribution in [0.2, 0.25) is 0 Å². The molecular formula is C15H22N4O2. The summed E-state index contributed by atoms with van der Waals surface area (Å²) in [6, 6.07) is 2.11. The Bertz CT molecular complexity index is 615. The van der Waals surface area contributed by atoms with Crippen molar-refractivity contribution < 1.29 is 0 Å². The minimum atomic E-state index is -0.336. The molecule has 0 aromatic carbocycles. The van der Waals surface area contributed by atoms with Gasteiger partial charge in [-0.05, 0) is 24.7 Å². The summed E-state index contributed by atoms with van der Waals surface area (Å²) >= 11 is 0. The van der Waals surface area contributed by atoms with E-state index in [0.29, 0.717) is 11.9 Å². The third-order valence-corrected chi connectivity index (χ3v) is 5.60. The van der Waals surface area contributed by atoms with Crippen LogP contribution in [-0.4, -0.2) is 46.7 Å². The quantitative estimate of drug-likeness (QED) is 0.832. The Morgan fingerprint density at radius 2 is 1.76 bits per heavy atom. The van der Waals surface area contributed by atoms with Gasteiger partial charge in [0.2, 0.25) is 0 Å². The number of nitrogens with one attached hydrogen (secondary N) is 1. The third kappa shape index (κ3) is 2.12. The van der Waals surface area contributed by atoms with Crippen molar-refractivity contribution in [1.29, 1.82) is 0 Å². The van der Waals surface area contributed by atoms with Gasteiger partial charge in [-0.15, -0.1) is 0 Å². The minimum absolute atomic E-state index is 0.243. The molecule has 2 unspecified atom stereocenters. The molecule has 114 valence electrons. The summed E-state index contributed by atoms with van der Waals surface area (Å²) < 4.78 is 1.10. The number of rotatable bonds is 2. The van der Waals surface area contributed by atoms with Crippen LogP contribution in [0.1, 0.15) is 19.3 Å². The molecule has 2 aliphatic heterocycles. The summed E-state index contributed by atoms with van der Waals surface area (Å²) in [5.41, 5.74) is -0.579. The molecule has 1 saturated carbocycles. The summed E-state index contributed by atoms with van der Waals surface area (Å²) in [5, 5.41) is 0. The lowest BCUT2D eigenvalue weighted by molar-refractivity contribution is 0.189. The molecular weight excluding hydrogens is 268 g/mol. The van der Waals surface area contributed by atoms with Gasteiger partial charge < -0.3 is 4.90 Å². The van der Waals surface area contributed by atoms with Crippen LogP contribution in [0.5, 0.6) is 0 Å². The van der Waals surface area contributed by atoms with Crippen molar-refractivity contribution in [3.8, 4) is 0 Å². The molecule has 1 aromatic heterocycles. The van der Waals surface area contributed by atoms with Crippen LogP contribution in [0.15, 0.2) is 15.7 Å². The van der Waals surface area contributed by atoms with Crippen molar-refractivity contribution in [2.24, 2.45) is 18.9 Å². The van der Waals surface area contributed by atoms with Gasteiger partial charge in [-0.1, -0.05) is 6.42 Å². The monoisotopic (exact) mass is 290 g/mol. The van der Waals surface area contributed by atoms with Crippen LogP contribution in [0.25, 0.3) is 0 Å². The SMILES string of the molecule is Cn1c(=O)cc(N2CC(N3CC4CCCC4C3)C2)[nH]c1=O. The van der Waals surface area contributed by atoms with E-state index >= 15 is 0 Å². The highest BCUT2D eigenvalue weighted by molar-refractivity contribution is 5.41. The van der Waals surface area contributed by atoms with Crippen molar-refractivity contribution in [3.05, 3.63) is 26.9 Å². The molecule has 6 nitrogen and oxygen atoms in total. The number of nitrogens with zero attached hydrogens (tertiary/aromatic N) is 3. The van der Waals surface area contributed by atoms with Crippen LogP contribution in [0, 0.1) is 11.8 Å². The van der Waals surface area contributed by atoms with Gasteiger partial charge in [0.1, 0.15) is 5.82 Å². The highest BCUT2D eigenvalue weighted by atomic mass is 16.2. The van der Waals surface area contributed by atoms with E-state index < -0.39 is 0 Å². The van der Waals surface area contributed by atoms with E-state index in [4.69, 9.17) is 0 Å². The molecule has 1 N–H and O–H groups in total. The van der Waals surface area contributed by atoms with Crippen molar-refractivity contribution in [2.75, 3.05) is 31.1 Å². The summed E-state index contributed by atoms with van der Waals surface area (Å²) in [7, 11) is 1.49. The second kappa shape index (κ2) is 4.73. The first kappa shape index (κ1) is 13.1. The van der Waals surface area contributed by atoms with E-state index in [1.165, 1.54) is 45.5 Å². The van der Waals surface area contributed by atoms with Crippen molar-refractivity contribution in [3.63, 3.8) is 0 Å². The van der Waals surface area contributed by atoms with Crippen LogP contribution >= 0.6 is 0 Å². The number of aromatic amines is 1. The number of aromatic nitrogens is 2. The Labute approximate surface area is 123 Å². The average molecular weight is 290 g/mol. The molecule has 0 radical (unpaired) electrons. The van der Waals surface area contributed by atoms with Crippen LogP contribution < -0.4 is 16.1 Å². The van der Waals surface area contributed by atoms with E-state index in [0.717, 1.165) is 29.5 Å². The predicted octanol–water partition coefficient (Wildman–Crippen LogP) is -0.00590. The standard InChI is InChI=1S/C15H22N4O2/c1-17-14(20)5-13(16-15(17)21)19-8-12(9-19)18-6-10-3-2-4-11(10)7-18/h5,10-12H,2-4,6-9H2,1H3,(H,16,21). The lowest BCUT2D eigenvalue weighted by Gasteiger charge is -2.45. The van der Waals surface area contributed by atoms with Crippen LogP contribution in [-0.2, 0) is 7.05 Å².